The van der Waals surface area contributed by atoms with E-state index in [-0.39, 0.29) is 0 Å². The van der Waals surface area contributed by atoms with Crippen molar-refractivity contribution in [3.05, 3.63) is 48.6 Å². The van der Waals surface area contributed by atoms with Crippen LogP contribution in [-0.2, 0) is 16.1 Å². The predicted octanol–water partition coefficient (Wildman–Crippen LogP) is 1.76. The molecule has 4 heteroatoms. The summed E-state index contributed by atoms with van der Waals surface area (Å²) < 4.78 is 5.04. The minimum absolute atomic E-state index is 0.368. The Morgan fingerprint density at radius 1 is 1.35 bits per heavy atom. The molecule has 1 amide bonds. The zero-order chi connectivity index (χ0) is 12.3. The minimum Gasteiger partial charge on any atom is -0.439 e. The lowest BCUT2D eigenvalue weighted by Gasteiger charge is -2.18. The molecule has 17 heavy (non-hydrogen) atoms. The summed E-state index contributed by atoms with van der Waals surface area (Å²) >= 11 is 0. The summed E-state index contributed by atoms with van der Waals surface area (Å²) in [5.41, 5.74) is 0.959. The van der Waals surface area contributed by atoms with Gasteiger partial charge in [-0.05, 0) is 11.6 Å². The van der Waals surface area contributed by atoms with Crippen LogP contribution in [0.5, 0.6) is 0 Å². The fourth-order valence-electron chi connectivity index (χ4n) is 1.84. The molecule has 2 rings (SSSR count). The van der Waals surface area contributed by atoms with E-state index in [0.717, 1.165) is 11.8 Å². The summed E-state index contributed by atoms with van der Waals surface area (Å²) in [6, 6.07) is 8.89. The number of ether oxygens (including phenoxy) is 1. The van der Waals surface area contributed by atoms with Crippen LogP contribution in [0.1, 0.15) is 5.56 Å². The smallest absolute Gasteiger partial charge is 0.411 e. The van der Waals surface area contributed by atoms with Gasteiger partial charge in [-0.15, -0.1) is 0 Å². The van der Waals surface area contributed by atoms with Crippen molar-refractivity contribution in [3.8, 4) is 0 Å². The van der Waals surface area contributed by atoms with E-state index in [9.17, 15) is 9.59 Å². The highest BCUT2D eigenvalue weighted by Crippen LogP contribution is 2.21. The Hall–Kier alpha value is -2.10. The standard InChI is InChI=1S/C13H13NO3/c1-2-12-11(9-15)14(13(16)17-12)8-10-6-4-3-5-7-10/h2-7,9,11-12H,1,8H2/t11-,12+/m0/s1. The van der Waals surface area contributed by atoms with Gasteiger partial charge in [0.25, 0.3) is 0 Å². The van der Waals surface area contributed by atoms with E-state index in [1.807, 2.05) is 30.3 Å². The van der Waals surface area contributed by atoms with E-state index >= 15 is 0 Å². The SMILES string of the molecule is C=C[C@H]1OC(=O)N(Cc2ccccc2)[C@H]1C=O. The lowest BCUT2D eigenvalue weighted by molar-refractivity contribution is -0.111. The summed E-state index contributed by atoms with van der Waals surface area (Å²) in [5, 5.41) is 0. The number of rotatable bonds is 4. The van der Waals surface area contributed by atoms with Crippen molar-refractivity contribution in [2.24, 2.45) is 0 Å². The Labute approximate surface area is 99.5 Å². The van der Waals surface area contributed by atoms with E-state index in [0.29, 0.717) is 6.54 Å². The quantitative estimate of drug-likeness (QED) is 0.586. The molecular formula is C13H13NO3. The van der Waals surface area contributed by atoms with Crippen LogP contribution < -0.4 is 0 Å². The Kier molecular flexibility index (Phi) is 3.23. The Bertz CT molecular complexity index is 430. The number of hydrogen-bond donors (Lipinski definition) is 0. The topological polar surface area (TPSA) is 46.6 Å². The second-order valence-electron chi connectivity index (χ2n) is 3.82. The third-order valence-electron chi connectivity index (χ3n) is 2.74. The lowest BCUT2D eigenvalue weighted by atomic mass is 10.1. The fourth-order valence-corrected chi connectivity index (χ4v) is 1.84. The molecule has 0 unspecified atom stereocenters. The van der Waals surface area contributed by atoms with Crippen molar-refractivity contribution in [2.45, 2.75) is 18.7 Å². The molecule has 1 aliphatic rings. The summed E-state index contributed by atoms with van der Waals surface area (Å²) in [6.45, 7) is 3.92. The van der Waals surface area contributed by atoms with Crippen molar-refractivity contribution in [1.29, 1.82) is 0 Å². The number of cyclic esters (lactones) is 1. The van der Waals surface area contributed by atoms with Gasteiger partial charge in [0.15, 0.2) is 0 Å². The first-order valence-corrected chi connectivity index (χ1v) is 5.35. The van der Waals surface area contributed by atoms with Gasteiger partial charge in [0, 0.05) is 6.54 Å². The molecular weight excluding hydrogens is 218 g/mol. The van der Waals surface area contributed by atoms with Crippen molar-refractivity contribution in [1.82, 2.24) is 4.90 Å². The van der Waals surface area contributed by atoms with Crippen molar-refractivity contribution < 1.29 is 14.3 Å². The normalized spacial score (nSPS) is 23.3. The number of amides is 1. The second kappa shape index (κ2) is 4.82. The molecule has 1 saturated heterocycles. The monoisotopic (exact) mass is 231 g/mol. The molecule has 0 N–H and O–H groups in total. The van der Waals surface area contributed by atoms with Gasteiger partial charge in [-0.2, -0.15) is 0 Å². The molecule has 0 aromatic heterocycles. The Morgan fingerprint density at radius 2 is 2.06 bits per heavy atom. The van der Waals surface area contributed by atoms with Crippen molar-refractivity contribution in [3.63, 3.8) is 0 Å². The molecule has 0 aliphatic carbocycles. The van der Waals surface area contributed by atoms with Crippen LogP contribution in [0.25, 0.3) is 0 Å². The average Bonchev–Trinajstić information content (AvgIpc) is 2.67. The first-order chi connectivity index (χ1) is 8.26. The summed E-state index contributed by atoms with van der Waals surface area (Å²) in [6.07, 6.45) is 1.17. The summed E-state index contributed by atoms with van der Waals surface area (Å²) in [7, 11) is 0. The first kappa shape index (κ1) is 11.4. The van der Waals surface area contributed by atoms with Crippen LogP contribution in [0, 0.1) is 0 Å². The van der Waals surface area contributed by atoms with Gasteiger partial charge in [-0.3, -0.25) is 4.90 Å². The average molecular weight is 231 g/mol. The number of hydrogen-bond acceptors (Lipinski definition) is 3. The molecule has 1 heterocycles. The van der Waals surface area contributed by atoms with Gasteiger partial charge in [0.05, 0.1) is 0 Å². The molecule has 0 radical (unpaired) electrons. The maximum atomic E-state index is 11.6. The number of benzene rings is 1. The third kappa shape index (κ3) is 2.20. The maximum absolute atomic E-state index is 11.6. The van der Waals surface area contributed by atoms with E-state index in [2.05, 4.69) is 6.58 Å². The van der Waals surface area contributed by atoms with E-state index < -0.39 is 18.2 Å². The number of carbonyl (C=O) groups is 2. The summed E-state index contributed by atoms with van der Waals surface area (Å²) in [4.78, 5) is 24.0. The van der Waals surface area contributed by atoms with E-state index in [1.54, 1.807) is 0 Å². The number of carbonyl (C=O) groups excluding carboxylic acids is 2. The highest BCUT2D eigenvalue weighted by molar-refractivity contribution is 5.78. The van der Waals surface area contributed by atoms with Gasteiger partial charge in [0.2, 0.25) is 0 Å². The van der Waals surface area contributed by atoms with Gasteiger partial charge < -0.3 is 9.53 Å². The highest BCUT2D eigenvalue weighted by atomic mass is 16.6. The van der Waals surface area contributed by atoms with Crippen LogP contribution in [0.3, 0.4) is 0 Å². The lowest BCUT2D eigenvalue weighted by Crippen LogP contribution is -2.36. The molecule has 1 aliphatic heterocycles. The molecule has 0 bridgehead atoms. The van der Waals surface area contributed by atoms with Gasteiger partial charge in [0.1, 0.15) is 18.4 Å². The molecule has 88 valence electrons. The van der Waals surface area contributed by atoms with Crippen LogP contribution in [-0.4, -0.2) is 29.4 Å². The minimum atomic E-state index is -0.583. The molecule has 1 fully saturated rings. The molecule has 2 atom stereocenters. The van der Waals surface area contributed by atoms with E-state index in [1.165, 1.54) is 11.0 Å². The molecule has 4 nitrogen and oxygen atoms in total. The van der Waals surface area contributed by atoms with Gasteiger partial charge >= 0.3 is 6.09 Å². The number of aldehydes is 1. The fraction of sp³-hybridized carbons (Fsp3) is 0.231. The zero-order valence-corrected chi connectivity index (χ0v) is 9.28. The Morgan fingerprint density at radius 3 is 2.65 bits per heavy atom. The third-order valence-corrected chi connectivity index (χ3v) is 2.74. The highest BCUT2D eigenvalue weighted by Gasteiger charge is 2.39. The van der Waals surface area contributed by atoms with Crippen LogP contribution in [0.4, 0.5) is 4.79 Å². The zero-order valence-electron chi connectivity index (χ0n) is 9.28. The van der Waals surface area contributed by atoms with Gasteiger partial charge in [-0.1, -0.05) is 36.9 Å². The molecule has 0 saturated carbocycles. The van der Waals surface area contributed by atoms with Crippen LogP contribution in [0.15, 0.2) is 43.0 Å². The number of nitrogens with zero attached hydrogens (tertiary/aromatic N) is 1. The largest absolute Gasteiger partial charge is 0.439 e. The molecule has 1 aromatic carbocycles. The van der Waals surface area contributed by atoms with E-state index in [4.69, 9.17) is 4.74 Å². The predicted molar refractivity (Wildman–Crippen MR) is 62.3 cm³/mol. The second-order valence-corrected chi connectivity index (χ2v) is 3.82. The molecule has 0 spiro atoms. The van der Waals surface area contributed by atoms with Crippen molar-refractivity contribution in [2.75, 3.05) is 0 Å². The van der Waals surface area contributed by atoms with Crippen molar-refractivity contribution >= 4 is 12.4 Å². The van der Waals surface area contributed by atoms with Crippen LogP contribution >= 0.6 is 0 Å². The Balaban J connectivity index is 2.17. The van der Waals surface area contributed by atoms with Crippen LogP contribution in [0.2, 0.25) is 0 Å². The molecule has 1 aromatic rings. The summed E-state index contributed by atoms with van der Waals surface area (Å²) in [5.74, 6) is 0. The first-order valence-electron chi connectivity index (χ1n) is 5.35. The maximum Gasteiger partial charge on any atom is 0.411 e. The van der Waals surface area contributed by atoms with Gasteiger partial charge in [-0.25, -0.2) is 4.79 Å².